The van der Waals surface area contributed by atoms with Crippen LogP contribution < -0.4 is 0 Å². The lowest BCUT2D eigenvalue weighted by Crippen LogP contribution is -2.33. The Hall–Kier alpha value is -1.86. The van der Waals surface area contributed by atoms with Crippen molar-refractivity contribution >= 4 is 17.7 Å². The molecule has 5 nitrogen and oxygen atoms in total. The van der Waals surface area contributed by atoms with Gasteiger partial charge in [-0.1, -0.05) is 19.9 Å². The van der Waals surface area contributed by atoms with Crippen molar-refractivity contribution in [1.82, 2.24) is 0 Å². The topological polar surface area (TPSA) is 69.7 Å². The fourth-order valence-electron chi connectivity index (χ4n) is 2.09. The van der Waals surface area contributed by atoms with Crippen LogP contribution in [0.5, 0.6) is 0 Å². The molecule has 0 aliphatic carbocycles. The minimum absolute atomic E-state index is 0.0273. The zero-order valence-electron chi connectivity index (χ0n) is 14.9. The smallest absolute Gasteiger partial charge is 0.450 e. The van der Waals surface area contributed by atoms with Crippen LogP contribution >= 0.6 is 0 Å². The van der Waals surface area contributed by atoms with Gasteiger partial charge in [0.15, 0.2) is 0 Å². The second kappa shape index (κ2) is 10.2. The number of hydrogen-bond acceptors (Lipinski definition) is 5. The van der Waals surface area contributed by atoms with Crippen molar-refractivity contribution in [3.63, 3.8) is 0 Å². The van der Waals surface area contributed by atoms with Crippen LogP contribution in [0.3, 0.4) is 0 Å². The molecule has 0 saturated heterocycles. The van der Waals surface area contributed by atoms with Gasteiger partial charge in [-0.3, -0.25) is 9.59 Å². The lowest BCUT2D eigenvalue weighted by molar-refractivity contribution is -0.177. The summed E-state index contributed by atoms with van der Waals surface area (Å²) in [6.45, 7) is 6.84. The van der Waals surface area contributed by atoms with Crippen LogP contribution in [-0.2, 0) is 23.9 Å². The molecule has 0 saturated carbocycles. The molecule has 0 aromatic rings. The standard InChI is InChI=1S/C17H25F3O5/c1-5-24-13(21)8-10-16(3,4)9-7-12(11-14(22)25-6-2)15(23)17(18,19)20/h8,10,12H,5-7,9,11H2,1-4H3/b10-8+. The van der Waals surface area contributed by atoms with Crippen LogP contribution in [0.25, 0.3) is 0 Å². The summed E-state index contributed by atoms with van der Waals surface area (Å²) in [6.07, 6.45) is -2.89. The monoisotopic (exact) mass is 366 g/mol. The van der Waals surface area contributed by atoms with Gasteiger partial charge < -0.3 is 9.47 Å². The van der Waals surface area contributed by atoms with E-state index in [0.717, 1.165) is 0 Å². The molecule has 0 amide bonds. The molecule has 0 spiro atoms. The molecule has 25 heavy (non-hydrogen) atoms. The van der Waals surface area contributed by atoms with E-state index >= 15 is 0 Å². The molecule has 0 heterocycles. The summed E-state index contributed by atoms with van der Waals surface area (Å²) < 4.78 is 47.5. The Morgan fingerprint density at radius 2 is 1.60 bits per heavy atom. The normalized spacial score (nSPS) is 13.6. The molecule has 1 unspecified atom stereocenters. The number of hydrogen-bond donors (Lipinski definition) is 0. The van der Waals surface area contributed by atoms with Crippen LogP contribution in [0.15, 0.2) is 12.2 Å². The Labute approximate surface area is 145 Å². The van der Waals surface area contributed by atoms with Gasteiger partial charge in [-0.25, -0.2) is 4.79 Å². The van der Waals surface area contributed by atoms with Crippen LogP contribution in [0, 0.1) is 11.3 Å². The molecular weight excluding hydrogens is 341 g/mol. The van der Waals surface area contributed by atoms with E-state index in [9.17, 15) is 27.6 Å². The summed E-state index contributed by atoms with van der Waals surface area (Å²) in [6, 6.07) is 0. The minimum atomic E-state index is -5.01. The number of allylic oxidation sites excluding steroid dienone is 1. The number of esters is 2. The van der Waals surface area contributed by atoms with E-state index in [1.807, 2.05) is 0 Å². The molecule has 0 N–H and O–H groups in total. The number of halogens is 3. The van der Waals surface area contributed by atoms with E-state index in [-0.39, 0.29) is 26.1 Å². The van der Waals surface area contributed by atoms with Crippen molar-refractivity contribution in [3.8, 4) is 0 Å². The summed E-state index contributed by atoms with van der Waals surface area (Å²) in [4.78, 5) is 34.3. The van der Waals surface area contributed by atoms with E-state index in [0.29, 0.717) is 0 Å². The van der Waals surface area contributed by atoms with Crippen LogP contribution in [0.4, 0.5) is 13.2 Å². The highest BCUT2D eigenvalue weighted by molar-refractivity contribution is 5.89. The van der Waals surface area contributed by atoms with Gasteiger partial charge in [-0.15, -0.1) is 0 Å². The van der Waals surface area contributed by atoms with Gasteiger partial charge in [0.25, 0.3) is 0 Å². The number of ether oxygens (including phenoxy) is 2. The van der Waals surface area contributed by atoms with E-state index in [1.54, 1.807) is 20.8 Å². The Morgan fingerprint density at radius 1 is 1.04 bits per heavy atom. The second-order valence-electron chi connectivity index (χ2n) is 6.18. The molecule has 0 rings (SSSR count). The highest BCUT2D eigenvalue weighted by Gasteiger charge is 2.44. The first-order valence-electron chi connectivity index (χ1n) is 8.05. The average Bonchev–Trinajstić information content (AvgIpc) is 2.48. The number of carbonyl (C=O) groups excluding carboxylic acids is 3. The first-order valence-corrected chi connectivity index (χ1v) is 8.05. The largest absolute Gasteiger partial charge is 0.466 e. The van der Waals surface area contributed by atoms with Gasteiger partial charge in [0.05, 0.1) is 19.6 Å². The molecule has 0 fully saturated rings. The lowest BCUT2D eigenvalue weighted by Gasteiger charge is -2.23. The highest BCUT2D eigenvalue weighted by atomic mass is 19.4. The Morgan fingerprint density at radius 3 is 2.08 bits per heavy atom. The molecular formula is C17H25F3O5. The molecule has 0 aromatic heterocycles. The highest BCUT2D eigenvalue weighted by Crippen LogP contribution is 2.31. The predicted octanol–water partition coefficient (Wildman–Crippen LogP) is 3.61. The maximum Gasteiger partial charge on any atom is 0.450 e. The zero-order valence-corrected chi connectivity index (χ0v) is 14.9. The molecule has 0 bridgehead atoms. The van der Waals surface area contributed by atoms with Crippen molar-refractivity contribution in [2.75, 3.05) is 13.2 Å². The Kier molecular flexibility index (Phi) is 9.44. The minimum Gasteiger partial charge on any atom is -0.466 e. The molecule has 0 aromatic carbocycles. The molecule has 8 heteroatoms. The Bertz CT molecular complexity index is 495. The lowest BCUT2D eigenvalue weighted by atomic mass is 9.82. The number of Topliss-reactive ketones (excluding diaryl/α,β-unsaturated/α-hetero) is 1. The second-order valence-corrected chi connectivity index (χ2v) is 6.18. The number of alkyl halides is 3. The summed E-state index contributed by atoms with van der Waals surface area (Å²) in [5.41, 5.74) is -0.647. The van der Waals surface area contributed by atoms with Gasteiger partial charge in [0, 0.05) is 12.0 Å². The molecule has 144 valence electrons. The van der Waals surface area contributed by atoms with Crippen LogP contribution in [0.1, 0.15) is 47.0 Å². The fourth-order valence-corrected chi connectivity index (χ4v) is 2.09. The SMILES string of the molecule is CCOC(=O)/C=C/C(C)(C)CCC(CC(=O)OCC)C(=O)C(F)(F)F. The fraction of sp³-hybridized carbons (Fsp3) is 0.706. The van der Waals surface area contributed by atoms with E-state index in [4.69, 9.17) is 4.74 Å². The van der Waals surface area contributed by atoms with Gasteiger partial charge in [-0.2, -0.15) is 13.2 Å². The van der Waals surface area contributed by atoms with Crippen LogP contribution in [0.2, 0.25) is 0 Å². The maximum absolute atomic E-state index is 12.7. The van der Waals surface area contributed by atoms with Crippen molar-refractivity contribution < 1.29 is 37.0 Å². The molecule has 0 aliphatic heterocycles. The zero-order chi connectivity index (χ0) is 19.7. The van der Waals surface area contributed by atoms with E-state index < -0.39 is 41.7 Å². The quantitative estimate of drug-likeness (QED) is 0.436. The third-order valence-electron chi connectivity index (χ3n) is 3.46. The first kappa shape index (κ1) is 23.1. The van der Waals surface area contributed by atoms with Gasteiger partial charge in [0.2, 0.25) is 5.78 Å². The molecule has 0 radical (unpaired) electrons. The third kappa shape index (κ3) is 9.89. The van der Waals surface area contributed by atoms with E-state index in [2.05, 4.69) is 4.74 Å². The van der Waals surface area contributed by atoms with Gasteiger partial charge in [0.1, 0.15) is 0 Å². The predicted molar refractivity (Wildman–Crippen MR) is 84.6 cm³/mol. The third-order valence-corrected chi connectivity index (χ3v) is 3.46. The summed E-state index contributed by atoms with van der Waals surface area (Å²) in [5.74, 6) is -4.84. The van der Waals surface area contributed by atoms with Gasteiger partial charge in [-0.05, 0) is 32.1 Å². The van der Waals surface area contributed by atoms with Crippen molar-refractivity contribution in [3.05, 3.63) is 12.2 Å². The van der Waals surface area contributed by atoms with Crippen molar-refractivity contribution in [1.29, 1.82) is 0 Å². The molecule has 0 aliphatic rings. The van der Waals surface area contributed by atoms with Gasteiger partial charge >= 0.3 is 18.1 Å². The number of ketones is 1. The summed E-state index contributed by atoms with van der Waals surface area (Å²) >= 11 is 0. The maximum atomic E-state index is 12.7. The molecule has 1 atom stereocenters. The van der Waals surface area contributed by atoms with Crippen molar-refractivity contribution in [2.45, 2.75) is 53.1 Å². The number of rotatable bonds is 10. The van der Waals surface area contributed by atoms with E-state index in [1.165, 1.54) is 19.1 Å². The van der Waals surface area contributed by atoms with Crippen molar-refractivity contribution in [2.24, 2.45) is 11.3 Å². The summed E-state index contributed by atoms with van der Waals surface area (Å²) in [7, 11) is 0. The Balaban J connectivity index is 4.97. The van der Waals surface area contributed by atoms with Crippen LogP contribution in [-0.4, -0.2) is 37.1 Å². The average molecular weight is 366 g/mol. The first-order chi connectivity index (χ1) is 11.4. The number of carbonyl (C=O) groups is 3. The summed E-state index contributed by atoms with van der Waals surface area (Å²) in [5, 5.41) is 0.